The summed E-state index contributed by atoms with van der Waals surface area (Å²) >= 11 is 0. The van der Waals surface area contributed by atoms with Gasteiger partial charge in [-0.1, -0.05) is 12.1 Å². The Hall–Kier alpha value is -2.65. The van der Waals surface area contributed by atoms with Crippen molar-refractivity contribution in [2.45, 2.75) is 18.6 Å². The Morgan fingerprint density at radius 1 is 1.16 bits per heavy atom. The van der Waals surface area contributed by atoms with E-state index in [1.165, 1.54) is 18.2 Å². The molecule has 1 heterocycles. The van der Waals surface area contributed by atoms with Gasteiger partial charge in [0.1, 0.15) is 0 Å². The van der Waals surface area contributed by atoms with Gasteiger partial charge < -0.3 is 25.3 Å². The number of benzene rings is 1. The Labute approximate surface area is 141 Å². The quantitative estimate of drug-likeness (QED) is 0.767. The highest BCUT2D eigenvalue weighted by Gasteiger charge is 2.34. The lowest BCUT2D eigenvalue weighted by atomic mass is 10.1. The van der Waals surface area contributed by atoms with Crippen molar-refractivity contribution in [3.8, 4) is 0 Å². The van der Waals surface area contributed by atoms with Gasteiger partial charge in [0.15, 0.2) is 0 Å². The van der Waals surface area contributed by atoms with Crippen LogP contribution in [0.3, 0.4) is 0 Å². The highest BCUT2D eigenvalue weighted by atomic mass is 19.4. The van der Waals surface area contributed by atoms with Crippen molar-refractivity contribution in [3.05, 3.63) is 29.8 Å². The van der Waals surface area contributed by atoms with E-state index in [4.69, 9.17) is 5.11 Å². The first-order valence-corrected chi connectivity index (χ1v) is 7.57. The Kier molecular flexibility index (Phi) is 5.60. The summed E-state index contributed by atoms with van der Waals surface area (Å²) in [6, 6.07) is 4.38. The minimum absolute atomic E-state index is 0.00969. The van der Waals surface area contributed by atoms with Gasteiger partial charge in [0, 0.05) is 31.9 Å². The molecule has 1 aromatic carbocycles. The number of hydrogen-bond acceptors (Lipinski definition) is 3. The number of halogens is 3. The van der Waals surface area contributed by atoms with Crippen LogP contribution >= 0.6 is 0 Å². The second-order valence-corrected chi connectivity index (χ2v) is 5.62. The Balaban J connectivity index is 2.01. The molecule has 138 valence electrons. The van der Waals surface area contributed by atoms with Crippen LogP contribution in [0.4, 0.5) is 28.4 Å². The molecule has 0 saturated carbocycles. The van der Waals surface area contributed by atoms with E-state index < -0.39 is 30.0 Å². The molecule has 0 aromatic heterocycles. The van der Waals surface area contributed by atoms with E-state index in [0.717, 1.165) is 15.9 Å². The van der Waals surface area contributed by atoms with E-state index in [9.17, 15) is 27.9 Å². The molecule has 10 heteroatoms. The fourth-order valence-electron chi connectivity index (χ4n) is 2.79. The monoisotopic (exact) mass is 361 g/mol. The van der Waals surface area contributed by atoms with Crippen LogP contribution in [0.15, 0.2) is 24.3 Å². The Morgan fingerprint density at radius 2 is 1.84 bits per heavy atom. The lowest BCUT2D eigenvalue weighted by molar-refractivity contribution is -0.136. The van der Waals surface area contributed by atoms with Crippen molar-refractivity contribution in [3.63, 3.8) is 0 Å². The van der Waals surface area contributed by atoms with Gasteiger partial charge >= 0.3 is 18.4 Å². The van der Waals surface area contributed by atoms with E-state index in [1.807, 2.05) is 0 Å². The number of amides is 2. The van der Waals surface area contributed by atoms with Gasteiger partial charge in [-0.05, 0) is 18.6 Å². The normalized spacial score (nSPS) is 18.1. The van der Waals surface area contributed by atoms with Crippen molar-refractivity contribution in [2.75, 3.05) is 31.5 Å². The van der Waals surface area contributed by atoms with Gasteiger partial charge in [-0.3, -0.25) is 0 Å². The third-order valence-electron chi connectivity index (χ3n) is 4.02. The lowest BCUT2D eigenvalue weighted by Gasteiger charge is -2.38. The van der Waals surface area contributed by atoms with Crippen LogP contribution in [-0.4, -0.2) is 64.4 Å². The lowest BCUT2D eigenvalue weighted by Crippen LogP contribution is -2.56. The molecule has 1 saturated heterocycles. The second kappa shape index (κ2) is 7.49. The topological polar surface area (TPSA) is 93.1 Å². The van der Waals surface area contributed by atoms with Crippen molar-refractivity contribution in [1.29, 1.82) is 0 Å². The summed E-state index contributed by atoms with van der Waals surface area (Å²) in [7, 11) is 0. The Morgan fingerprint density at radius 3 is 2.44 bits per heavy atom. The summed E-state index contributed by atoms with van der Waals surface area (Å²) in [4.78, 5) is 24.5. The summed E-state index contributed by atoms with van der Waals surface area (Å²) in [6.45, 7) is 0.174. The van der Waals surface area contributed by atoms with Crippen LogP contribution in [0.1, 0.15) is 12.0 Å². The molecule has 1 atom stereocenters. The average Bonchev–Trinajstić information content (AvgIpc) is 2.54. The van der Waals surface area contributed by atoms with E-state index >= 15 is 0 Å². The van der Waals surface area contributed by atoms with Crippen molar-refractivity contribution in [2.24, 2.45) is 0 Å². The number of rotatable bonds is 4. The molecule has 2 rings (SSSR count). The zero-order valence-electron chi connectivity index (χ0n) is 13.2. The maximum absolute atomic E-state index is 12.9. The second-order valence-electron chi connectivity index (χ2n) is 5.62. The number of nitrogens with one attached hydrogen (secondary N) is 1. The largest absolute Gasteiger partial charge is 0.465 e. The molecule has 3 N–H and O–H groups in total. The van der Waals surface area contributed by atoms with Crippen molar-refractivity contribution >= 4 is 17.9 Å². The smallest absolute Gasteiger partial charge is 0.418 e. The summed E-state index contributed by atoms with van der Waals surface area (Å²) in [5.41, 5.74) is -0.899. The number of nitrogens with zero attached hydrogens (tertiary/aromatic N) is 2. The van der Waals surface area contributed by atoms with Gasteiger partial charge in [0.2, 0.25) is 0 Å². The number of piperazine rings is 1. The average molecular weight is 361 g/mol. The standard InChI is InChI=1S/C15H18F3N3O4/c16-15(17,18)11-3-1-2-4-12(11)19-6-5-10-9-20(13(22)23)7-8-21(10)14(24)25/h1-4,10,19H,5-9H2,(H,22,23)(H,24,25)/t10-/m1/s1. The zero-order valence-corrected chi connectivity index (χ0v) is 13.2. The van der Waals surface area contributed by atoms with Crippen molar-refractivity contribution in [1.82, 2.24) is 9.80 Å². The van der Waals surface area contributed by atoms with Crippen LogP contribution in [0.5, 0.6) is 0 Å². The number of carboxylic acid groups (broad SMARTS) is 2. The maximum atomic E-state index is 12.9. The molecule has 0 aliphatic carbocycles. The number of alkyl halides is 3. The predicted molar refractivity (Wildman–Crippen MR) is 82.7 cm³/mol. The molecule has 0 bridgehead atoms. The van der Waals surface area contributed by atoms with E-state index in [1.54, 1.807) is 0 Å². The van der Waals surface area contributed by atoms with Crippen LogP contribution in [0, 0.1) is 0 Å². The summed E-state index contributed by atoms with van der Waals surface area (Å²) in [5.74, 6) is 0. The van der Waals surface area contributed by atoms with Gasteiger partial charge in [-0.25, -0.2) is 9.59 Å². The SMILES string of the molecule is O=C(O)N1CCN(C(=O)O)[C@H](CCNc2ccccc2C(F)(F)F)C1. The minimum Gasteiger partial charge on any atom is -0.465 e. The number of para-hydroxylation sites is 1. The molecular formula is C15H18F3N3O4. The third-order valence-corrected chi connectivity index (χ3v) is 4.02. The van der Waals surface area contributed by atoms with Crippen LogP contribution < -0.4 is 5.32 Å². The van der Waals surface area contributed by atoms with Gasteiger partial charge in [0.05, 0.1) is 11.6 Å². The van der Waals surface area contributed by atoms with E-state index in [0.29, 0.717) is 0 Å². The predicted octanol–water partition coefficient (Wildman–Crippen LogP) is 2.85. The molecular weight excluding hydrogens is 343 g/mol. The molecule has 2 amide bonds. The molecule has 25 heavy (non-hydrogen) atoms. The highest BCUT2D eigenvalue weighted by molar-refractivity contribution is 5.68. The van der Waals surface area contributed by atoms with Gasteiger partial charge in [-0.15, -0.1) is 0 Å². The summed E-state index contributed by atoms with van der Waals surface area (Å²) in [6.07, 6.45) is -6.64. The number of hydrogen-bond donors (Lipinski definition) is 3. The first-order chi connectivity index (χ1) is 11.7. The highest BCUT2D eigenvalue weighted by Crippen LogP contribution is 2.34. The van der Waals surface area contributed by atoms with Crippen LogP contribution in [0.2, 0.25) is 0 Å². The number of anilines is 1. The molecule has 1 aromatic rings. The van der Waals surface area contributed by atoms with Gasteiger partial charge in [0.25, 0.3) is 0 Å². The molecule has 7 nitrogen and oxygen atoms in total. The summed E-state index contributed by atoms with van der Waals surface area (Å²) < 4.78 is 38.8. The zero-order chi connectivity index (χ0) is 18.6. The molecule has 1 aliphatic rings. The molecule has 1 fully saturated rings. The van der Waals surface area contributed by atoms with Crippen LogP contribution in [0.25, 0.3) is 0 Å². The molecule has 0 unspecified atom stereocenters. The molecule has 0 radical (unpaired) electrons. The van der Waals surface area contributed by atoms with E-state index in [-0.39, 0.29) is 38.3 Å². The van der Waals surface area contributed by atoms with Crippen molar-refractivity contribution < 1.29 is 33.0 Å². The minimum atomic E-state index is -4.50. The van der Waals surface area contributed by atoms with E-state index in [2.05, 4.69) is 5.32 Å². The fraction of sp³-hybridized carbons (Fsp3) is 0.467. The third kappa shape index (κ3) is 4.68. The van der Waals surface area contributed by atoms with Crippen LogP contribution in [-0.2, 0) is 6.18 Å². The maximum Gasteiger partial charge on any atom is 0.418 e. The first kappa shape index (κ1) is 18.7. The molecule has 0 spiro atoms. The fourth-order valence-corrected chi connectivity index (χ4v) is 2.79. The number of carbonyl (C=O) groups is 2. The first-order valence-electron chi connectivity index (χ1n) is 7.57. The Bertz CT molecular complexity index is 639. The summed E-state index contributed by atoms with van der Waals surface area (Å²) in [5, 5.41) is 20.9. The van der Waals surface area contributed by atoms with Gasteiger partial charge in [-0.2, -0.15) is 13.2 Å². The molecule has 1 aliphatic heterocycles.